The molecule has 0 saturated carbocycles. The number of hydrogen-bond acceptors (Lipinski definition) is 6. The van der Waals surface area contributed by atoms with E-state index >= 15 is 0 Å². The number of carbonyl (C=O) groups excluding carboxylic acids is 2. The third-order valence-electron chi connectivity index (χ3n) is 4.37. The molecule has 0 fully saturated rings. The zero-order chi connectivity index (χ0) is 26.4. The Morgan fingerprint density at radius 3 is 2.09 bits per heavy atom. The lowest BCUT2D eigenvalue weighted by Gasteiger charge is -2.27. The molecule has 34 heavy (non-hydrogen) atoms. The van der Waals surface area contributed by atoms with Gasteiger partial charge in [0.05, 0.1) is 17.1 Å². The van der Waals surface area contributed by atoms with E-state index in [1.165, 1.54) is 24.3 Å². The number of esters is 1. The van der Waals surface area contributed by atoms with Gasteiger partial charge in [0.15, 0.2) is 0 Å². The van der Waals surface area contributed by atoms with E-state index in [2.05, 4.69) is 10.0 Å². The third-order valence-corrected chi connectivity index (χ3v) is 5.85. The normalized spacial score (nSPS) is 13.6. The Bertz CT molecular complexity index is 1120. The minimum atomic E-state index is -4.13. The summed E-state index contributed by atoms with van der Waals surface area (Å²) in [6.07, 6.45) is 0. The standard InChI is InChI=1S/C25H34N2O6S/c1-17-8-10-18(11-9-17)22(28)26-19-12-14-20(15-13-19)34(30,31)27-21(16-32-24(2,3)4)23(29)33-25(5,6)7/h8-15,21,27H,16H2,1-7H3,(H,26,28)/i2D. The highest BCUT2D eigenvalue weighted by atomic mass is 32.2. The first-order valence-corrected chi connectivity index (χ1v) is 12.3. The van der Waals surface area contributed by atoms with Crippen LogP contribution >= 0.6 is 0 Å². The minimum Gasteiger partial charge on any atom is -0.459 e. The summed E-state index contributed by atoms with van der Waals surface area (Å²) in [7, 11) is -4.13. The van der Waals surface area contributed by atoms with Gasteiger partial charge in [0, 0.05) is 12.6 Å². The van der Waals surface area contributed by atoms with Gasteiger partial charge in [-0.15, -0.1) is 0 Å². The molecule has 0 aromatic heterocycles. The number of anilines is 1. The van der Waals surface area contributed by atoms with Gasteiger partial charge in [0.1, 0.15) is 11.6 Å². The van der Waals surface area contributed by atoms with Gasteiger partial charge in [-0.05, 0) is 84.8 Å². The maximum Gasteiger partial charge on any atom is 0.327 e. The van der Waals surface area contributed by atoms with Gasteiger partial charge >= 0.3 is 5.97 Å². The molecule has 2 rings (SSSR count). The quantitative estimate of drug-likeness (QED) is 0.539. The average Bonchev–Trinajstić information content (AvgIpc) is 2.76. The van der Waals surface area contributed by atoms with E-state index in [0.717, 1.165) is 5.56 Å². The van der Waals surface area contributed by atoms with Crippen molar-refractivity contribution < 1.29 is 28.9 Å². The van der Waals surface area contributed by atoms with Crippen LogP contribution < -0.4 is 10.0 Å². The molecular formula is C25H34N2O6S. The summed E-state index contributed by atoms with van der Waals surface area (Å²) >= 11 is 0. The van der Waals surface area contributed by atoms with E-state index in [1.54, 1.807) is 46.8 Å². The molecule has 1 atom stereocenters. The maximum absolute atomic E-state index is 13.0. The predicted octanol–water partition coefficient (Wildman–Crippen LogP) is 4.05. The number of nitrogens with one attached hydrogen (secondary N) is 2. The van der Waals surface area contributed by atoms with Gasteiger partial charge in [0.25, 0.3) is 5.91 Å². The molecule has 1 unspecified atom stereocenters. The number of hydrogen-bond donors (Lipinski definition) is 2. The van der Waals surface area contributed by atoms with Crippen LogP contribution in [0.5, 0.6) is 0 Å². The number of ether oxygens (including phenoxy) is 2. The van der Waals surface area contributed by atoms with Gasteiger partial charge in [-0.3, -0.25) is 9.59 Å². The molecule has 0 bridgehead atoms. The highest BCUT2D eigenvalue weighted by Crippen LogP contribution is 2.18. The Kier molecular flexibility index (Phi) is 8.12. The van der Waals surface area contributed by atoms with Crippen LogP contribution in [-0.4, -0.2) is 44.1 Å². The highest BCUT2D eigenvalue weighted by molar-refractivity contribution is 7.89. The number of benzene rings is 2. The first-order chi connectivity index (χ1) is 16.1. The predicted molar refractivity (Wildman–Crippen MR) is 131 cm³/mol. The summed E-state index contributed by atoms with van der Waals surface area (Å²) in [6.45, 7) is 9.92. The molecule has 0 saturated heterocycles. The Morgan fingerprint density at radius 2 is 1.56 bits per heavy atom. The fraction of sp³-hybridized carbons (Fsp3) is 0.440. The van der Waals surface area contributed by atoms with E-state index in [1.807, 2.05) is 19.1 Å². The lowest BCUT2D eigenvalue weighted by Crippen LogP contribution is -2.48. The number of amides is 1. The fourth-order valence-corrected chi connectivity index (χ4v) is 3.88. The second-order valence-corrected chi connectivity index (χ2v) is 11.3. The molecule has 0 spiro atoms. The topological polar surface area (TPSA) is 111 Å². The summed E-state index contributed by atoms with van der Waals surface area (Å²) in [5.74, 6) is -1.11. The summed E-state index contributed by atoms with van der Waals surface area (Å²) < 4.78 is 46.8. The molecule has 0 aliphatic rings. The van der Waals surface area contributed by atoms with Crippen LogP contribution in [0.3, 0.4) is 0 Å². The zero-order valence-corrected chi connectivity index (χ0v) is 21.3. The second kappa shape index (κ2) is 10.7. The first kappa shape index (κ1) is 25.9. The molecule has 9 heteroatoms. The largest absolute Gasteiger partial charge is 0.459 e. The highest BCUT2D eigenvalue weighted by Gasteiger charge is 2.31. The zero-order valence-electron chi connectivity index (χ0n) is 21.5. The summed E-state index contributed by atoms with van der Waals surface area (Å²) in [5.41, 5.74) is 0.219. The van der Waals surface area contributed by atoms with Crippen LogP contribution in [0.25, 0.3) is 0 Å². The number of aryl methyl sites for hydroxylation is 1. The van der Waals surface area contributed by atoms with Crippen molar-refractivity contribution in [1.82, 2.24) is 4.72 Å². The van der Waals surface area contributed by atoms with Gasteiger partial charge in [0.2, 0.25) is 10.0 Å². The van der Waals surface area contributed by atoms with Crippen molar-refractivity contribution in [2.24, 2.45) is 0 Å². The fourth-order valence-electron chi connectivity index (χ4n) is 2.71. The molecule has 2 N–H and O–H groups in total. The molecule has 2 aromatic carbocycles. The van der Waals surface area contributed by atoms with E-state index < -0.39 is 33.2 Å². The van der Waals surface area contributed by atoms with Crippen molar-refractivity contribution in [2.75, 3.05) is 11.9 Å². The molecule has 0 aliphatic carbocycles. The van der Waals surface area contributed by atoms with Gasteiger partial charge < -0.3 is 14.8 Å². The Balaban J connectivity index is 2.16. The van der Waals surface area contributed by atoms with Crippen molar-refractivity contribution >= 4 is 27.6 Å². The Hall–Kier alpha value is -2.75. The third kappa shape index (κ3) is 8.89. The second-order valence-electron chi connectivity index (χ2n) is 9.62. The SMILES string of the molecule is [2H]CC(C)(C)OCC(NS(=O)(=O)c1ccc(NC(=O)c2ccc(C)cc2)cc1)C(=O)OC(C)(C)C. The summed E-state index contributed by atoms with van der Waals surface area (Å²) in [4.78, 5) is 25.0. The monoisotopic (exact) mass is 491 g/mol. The van der Waals surface area contributed by atoms with Crippen molar-refractivity contribution in [3.8, 4) is 0 Å². The number of carbonyl (C=O) groups is 2. The van der Waals surface area contributed by atoms with Crippen molar-refractivity contribution in [3.63, 3.8) is 0 Å². The summed E-state index contributed by atoms with van der Waals surface area (Å²) in [5, 5.41) is 2.72. The molecule has 2 aromatic rings. The Labute approximate surface area is 203 Å². The van der Waals surface area contributed by atoms with Crippen molar-refractivity contribution in [2.45, 2.75) is 70.6 Å². The van der Waals surface area contributed by atoms with E-state index in [-0.39, 0.29) is 24.3 Å². The van der Waals surface area contributed by atoms with E-state index in [9.17, 15) is 18.0 Å². The molecule has 0 aliphatic heterocycles. The van der Waals surface area contributed by atoms with Gasteiger partial charge in [-0.2, -0.15) is 4.72 Å². The molecular weight excluding hydrogens is 456 g/mol. The lowest BCUT2D eigenvalue weighted by atomic mass is 10.1. The van der Waals surface area contributed by atoms with Crippen LogP contribution in [0.4, 0.5) is 5.69 Å². The molecule has 186 valence electrons. The van der Waals surface area contributed by atoms with E-state index in [4.69, 9.17) is 10.8 Å². The summed E-state index contributed by atoms with van der Waals surface area (Å²) in [6, 6.07) is 11.3. The van der Waals surface area contributed by atoms with Gasteiger partial charge in [-0.25, -0.2) is 8.42 Å². The molecule has 0 heterocycles. The van der Waals surface area contributed by atoms with Gasteiger partial charge in [-0.1, -0.05) is 17.7 Å². The average molecular weight is 492 g/mol. The number of sulfonamides is 1. The van der Waals surface area contributed by atoms with Crippen molar-refractivity contribution in [1.29, 1.82) is 0 Å². The lowest BCUT2D eigenvalue weighted by molar-refractivity contribution is -0.159. The van der Waals surface area contributed by atoms with Crippen LogP contribution in [-0.2, 0) is 24.3 Å². The molecule has 8 nitrogen and oxygen atoms in total. The van der Waals surface area contributed by atoms with Crippen molar-refractivity contribution in [3.05, 3.63) is 59.7 Å². The van der Waals surface area contributed by atoms with Crippen LogP contribution in [0.1, 0.15) is 58.8 Å². The molecule has 0 radical (unpaired) electrons. The maximum atomic E-state index is 13.0. The minimum absolute atomic E-state index is 0.0729. The number of rotatable bonds is 8. The Morgan fingerprint density at radius 1 is 0.971 bits per heavy atom. The smallest absolute Gasteiger partial charge is 0.327 e. The van der Waals surface area contributed by atoms with E-state index in [0.29, 0.717) is 11.3 Å². The first-order valence-electron chi connectivity index (χ1n) is 11.5. The van der Waals surface area contributed by atoms with Crippen LogP contribution in [0.2, 0.25) is 0 Å². The molecule has 1 amide bonds. The van der Waals surface area contributed by atoms with Crippen LogP contribution in [0.15, 0.2) is 53.4 Å². The van der Waals surface area contributed by atoms with Crippen LogP contribution in [0, 0.1) is 6.92 Å².